The molecular formula is C25H20N2O4S. The van der Waals surface area contributed by atoms with Crippen LogP contribution in [0, 0.1) is 13.8 Å². The first-order chi connectivity index (χ1) is 15.2. The van der Waals surface area contributed by atoms with E-state index in [0.717, 1.165) is 16.7 Å². The van der Waals surface area contributed by atoms with Crippen LogP contribution in [0.1, 0.15) is 34.2 Å². The summed E-state index contributed by atoms with van der Waals surface area (Å²) in [5, 5.41) is 2.62. The van der Waals surface area contributed by atoms with Crippen molar-refractivity contribution >= 4 is 46.7 Å². The largest absolute Gasteiger partial charge is 0.457 e. The Morgan fingerprint density at radius 3 is 2.44 bits per heavy atom. The van der Waals surface area contributed by atoms with Gasteiger partial charge in [0.05, 0.1) is 5.69 Å². The van der Waals surface area contributed by atoms with Gasteiger partial charge in [-0.3, -0.25) is 24.6 Å². The van der Waals surface area contributed by atoms with Gasteiger partial charge in [0.15, 0.2) is 10.9 Å². The van der Waals surface area contributed by atoms with Crippen LogP contribution in [-0.4, -0.2) is 22.7 Å². The normalized spacial score (nSPS) is 15.3. The zero-order valence-electron chi connectivity index (χ0n) is 17.8. The van der Waals surface area contributed by atoms with Gasteiger partial charge in [0.2, 0.25) is 0 Å². The van der Waals surface area contributed by atoms with Crippen molar-refractivity contribution in [2.75, 3.05) is 4.90 Å². The molecule has 2 amide bonds. The van der Waals surface area contributed by atoms with E-state index in [1.807, 2.05) is 32.0 Å². The Morgan fingerprint density at radius 1 is 1.03 bits per heavy atom. The van der Waals surface area contributed by atoms with Crippen molar-refractivity contribution in [2.45, 2.75) is 20.8 Å². The van der Waals surface area contributed by atoms with E-state index in [-0.39, 0.29) is 16.5 Å². The molecular weight excluding hydrogens is 424 g/mol. The van der Waals surface area contributed by atoms with Gasteiger partial charge in [-0.25, -0.2) is 0 Å². The SMILES string of the molecule is CC(=O)c1ccc(-c2ccc(C=C3C(=O)NC(=S)N(c4cc(C)ccc4C)C3=O)o2)cc1. The molecule has 0 radical (unpaired) electrons. The number of nitrogens with one attached hydrogen (secondary N) is 1. The molecule has 7 heteroatoms. The number of hydrogen-bond donors (Lipinski definition) is 1. The van der Waals surface area contributed by atoms with Crippen LogP contribution in [0.15, 0.2) is 64.6 Å². The lowest BCUT2D eigenvalue weighted by atomic mass is 10.1. The number of anilines is 1. The summed E-state index contributed by atoms with van der Waals surface area (Å²) in [5.74, 6) is -0.212. The van der Waals surface area contributed by atoms with Crippen molar-refractivity contribution in [3.8, 4) is 11.3 Å². The summed E-state index contributed by atoms with van der Waals surface area (Å²) in [7, 11) is 0. The summed E-state index contributed by atoms with van der Waals surface area (Å²) in [4.78, 5) is 38.6. The third-order valence-corrected chi connectivity index (χ3v) is 5.48. The van der Waals surface area contributed by atoms with E-state index in [9.17, 15) is 14.4 Å². The van der Waals surface area contributed by atoms with E-state index in [4.69, 9.17) is 16.6 Å². The molecule has 1 aromatic heterocycles. The Kier molecular flexibility index (Phi) is 5.59. The number of rotatable bonds is 4. The highest BCUT2D eigenvalue weighted by atomic mass is 32.1. The molecule has 0 saturated carbocycles. The lowest BCUT2D eigenvalue weighted by molar-refractivity contribution is -0.122. The second kappa shape index (κ2) is 8.36. The fraction of sp³-hybridized carbons (Fsp3) is 0.120. The first-order valence-corrected chi connectivity index (χ1v) is 10.4. The maximum absolute atomic E-state index is 13.2. The summed E-state index contributed by atoms with van der Waals surface area (Å²) < 4.78 is 5.84. The topological polar surface area (TPSA) is 79.6 Å². The Bertz CT molecular complexity index is 1300. The number of aryl methyl sites for hydroxylation is 2. The highest BCUT2D eigenvalue weighted by Gasteiger charge is 2.35. The molecule has 0 unspecified atom stereocenters. The lowest BCUT2D eigenvalue weighted by Gasteiger charge is -2.30. The van der Waals surface area contributed by atoms with E-state index < -0.39 is 11.8 Å². The smallest absolute Gasteiger partial charge is 0.270 e. The first kappa shape index (κ1) is 21.4. The van der Waals surface area contributed by atoms with Crippen LogP contribution >= 0.6 is 12.2 Å². The average Bonchev–Trinajstić information content (AvgIpc) is 3.22. The Hall–Kier alpha value is -3.84. The number of carbonyl (C=O) groups is 3. The molecule has 2 aromatic carbocycles. The third-order valence-electron chi connectivity index (χ3n) is 5.20. The van der Waals surface area contributed by atoms with Crippen LogP contribution < -0.4 is 10.2 Å². The van der Waals surface area contributed by atoms with Crippen LogP contribution in [0.2, 0.25) is 0 Å². The molecule has 160 valence electrons. The number of benzene rings is 2. The predicted molar refractivity (Wildman–Crippen MR) is 126 cm³/mol. The van der Waals surface area contributed by atoms with Gasteiger partial charge in [-0.05, 0) is 68.4 Å². The molecule has 4 rings (SSSR count). The van der Waals surface area contributed by atoms with Gasteiger partial charge in [-0.1, -0.05) is 36.4 Å². The molecule has 0 atom stereocenters. The van der Waals surface area contributed by atoms with Crippen molar-refractivity contribution < 1.29 is 18.8 Å². The molecule has 2 heterocycles. The third kappa shape index (κ3) is 4.02. The molecule has 1 saturated heterocycles. The van der Waals surface area contributed by atoms with Gasteiger partial charge in [-0.2, -0.15) is 0 Å². The van der Waals surface area contributed by atoms with Crippen LogP contribution in [0.25, 0.3) is 17.4 Å². The maximum atomic E-state index is 13.2. The van der Waals surface area contributed by atoms with Gasteiger partial charge < -0.3 is 4.42 Å². The zero-order chi connectivity index (χ0) is 23.0. The van der Waals surface area contributed by atoms with Gasteiger partial charge in [0, 0.05) is 11.1 Å². The summed E-state index contributed by atoms with van der Waals surface area (Å²) in [5.41, 5.74) is 3.75. The van der Waals surface area contributed by atoms with E-state index in [1.54, 1.807) is 36.4 Å². The zero-order valence-corrected chi connectivity index (χ0v) is 18.6. The average molecular weight is 445 g/mol. The molecule has 1 aliphatic rings. The molecule has 32 heavy (non-hydrogen) atoms. The number of nitrogens with zero attached hydrogens (tertiary/aromatic N) is 1. The summed E-state index contributed by atoms with van der Waals surface area (Å²) in [6.07, 6.45) is 1.41. The van der Waals surface area contributed by atoms with Gasteiger partial charge in [0.1, 0.15) is 17.1 Å². The summed E-state index contributed by atoms with van der Waals surface area (Å²) in [6.45, 7) is 5.30. The quantitative estimate of drug-likeness (QED) is 0.275. The molecule has 0 bridgehead atoms. The molecule has 6 nitrogen and oxygen atoms in total. The minimum Gasteiger partial charge on any atom is -0.457 e. The lowest BCUT2D eigenvalue weighted by Crippen LogP contribution is -2.54. The molecule has 3 aromatic rings. The van der Waals surface area contributed by atoms with Gasteiger partial charge in [-0.15, -0.1) is 0 Å². The fourth-order valence-corrected chi connectivity index (χ4v) is 3.71. The molecule has 1 aliphatic heterocycles. The van der Waals surface area contributed by atoms with Crippen LogP contribution in [-0.2, 0) is 9.59 Å². The Labute approximate surface area is 190 Å². The fourth-order valence-electron chi connectivity index (χ4n) is 3.43. The molecule has 1 fully saturated rings. The number of ketones is 1. The highest BCUT2D eigenvalue weighted by Crippen LogP contribution is 2.28. The number of thiocarbonyl (C=S) groups is 1. The van der Waals surface area contributed by atoms with Crippen molar-refractivity contribution in [1.82, 2.24) is 5.32 Å². The highest BCUT2D eigenvalue weighted by molar-refractivity contribution is 7.80. The molecule has 0 spiro atoms. The van der Waals surface area contributed by atoms with Crippen molar-refractivity contribution in [3.63, 3.8) is 0 Å². The number of furan rings is 1. The van der Waals surface area contributed by atoms with E-state index in [0.29, 0.717) is 22.8 Å². The predicted octanol–water partition coefficient (Wildman–Crippen LogP) is 4.60. The number of hydrogen-bond acceptors (Lipinski definition) is 5. The van der Waals surface area contributed by atoms with Crippen LogP contribution in [0.3, 0.4) is 0 Å². The van der Waals surface area contributed by atoms with E-state index in [2.05, 4.69) is 5.32 Å². The second-order valence-electron chi connectivity index (χ2n) is 7.58. The molecule has 0 aliphatic carbocycles. The van der Waals surface area contributed by atoms with Gasteiger partial charge in [0.25, 0.3) is 11.8 Å². The summed E-state index contributed by atoms with van der Waals surface area (Å²) >= 11 is 5.28. The van der Waals surface area contributed by atoms with Crippen LogP contribution in [0.5, 0.6) is 0 Å². The first-order valence-electron chi connectivity index (χ1n) is 9.94. The maximum Gasteiger partial charge on any atom is 0.270 e. The number of Topliss-reactive ketones (excluding diaryl/α,β-unsaturated/α-hetero) is 1. The van der Waals surface area contributed by atoms with Crippen LogP contribution in [0.4, 0.5) is 5.69 Å². The Morgan fingerprint density at radius 2 is 1.75 bits per heavy atom. The van der Waals surface area contributed by atoms with E-state index in [1.165, 1.54) is 17.9 Å². The minimum atomic E-state index is -0.578. The molecule has 1 N–H and O–H groups in total. The van der Waals surface area contributed by atoms with E-state index >= 15 is 0 Å². The number of amides is 2. The Balaban J connectivity index is 1.67. The standard InChI is InChI=1S/C25H20N2O4S/c1-14-4-5-15(2)21(12-14)27-24(30)20(23(29)26-25(27)32)13-19-10-11-22(31-19)18-8-6-17(7-9-18)16(3)28/h4-13H,1-3H3,(H,26,29,32). The van der Waals surface area contributed by atoms with Crippen molar-refractivity contribution in [1.29, 1.82) is 0 Å². The second-order valence-corrected chi connectivity index (χ2v) is 7.97. The van der Waals surface area contributed by atoms with Crippen molar-refractivity contribution in [3.05, 3.63) is 82.6 Å². The minimum absolute atomic E-state index is 0.0189. The van der Waals surface area contributed by atoms with Crippen molar-refractivity contribution in [2.24, 2.45) is 0 Å². The summed E-state index contributed by atoms with van der Waals surface area (Å²) in [6, 6.07) is 16.1. The number of carbonyl (C=O) groups excluding carboxylic acids is 3. The van der Waals surface area contributed by atoms with Gasteiger partial charge >= 0.3 is 0 Å². The monoisotopic (exact) mass is 444 g/mol.